The summed E-state index contributed by atoms with van der Waals surface area (Å²) in [5.41, 5.74) is 0.974. The van der Waals surface area contributed by atoms with Crippen LogP contribution in [0.2, 0.25) is 10.0 Å². The first kappa shape index (κ1) is 16.6. The van der Waals surface area contributed by atoms with Crippen molar-refractivity contribution in [3.63, 3.8) is 0 Å². The number of benzene rings is 1. The largest absolute Gasteiger partial charge is 0.492 e. The molecule has 0 aliphatic rings. The molecule has 0 fully saturated rings. The molecule has 2 N–H and O–H groups in total. The quantitative estimate of drug-likeness (QED) is 0.684. The highest BCUT2D eigenvalue weighted by Crippen LogP contribution is 2.32. The number of aliphatic hydroxyl groups is 1. The molecule has 0 radical (unpaired) electrons. The number of hydrogen-bond acceptors (Lipinski definition) is 3. The average Bonchev–Trinajstić information content (AvgIpc) is 2.38. The van der Waals surface area contributed by atoms with Gasteiger partial charge in [0.15, 0.2) is 0 Å². The minimum atomic E-state index is 0.230. The topological polar surface area (TPSA) is 41.5 Å². The van der Waals surface area contributed by atoms with Crippen LogP contribution in [0, 0.1) is 0 Å². The van der Waals surface area contributed by atoms with E-state index in [-0.39, 0.29) is 6.61 Å². The van der Waals surface area contributed by atoms with E-state index < -0.39 is 0 Å². The van der Waals surface area contributed by atoms with Crippen molar-refractivity contribution in [2.75, 3.05) is 19.8 Å². The van der Waals surface area contributed by atoms with E-state index in [1.165, 1.54) is 0 Å². The number of nitrogens with one attached hydrogen (secondary N) is 1. The van der Waals surface area contributed by atoms with Crippen LogP contribution in [0.1, 0.15) is 31.7 Å². The van der Waals surface area contributed by atoms with Gasteiger partial charge in [-0.05, 0) is 37.9 Å². The summed E-state index contributed by atoms with van der Waals surface area (Å²) in [7, 11) is 0. The lowest BCUT2D eigenvalue weighted by Crippen LogP contribution is -2.13. The Bertz CT molecular complexity index is 386. The van der Waals surface area contributed by atoms with E-state index in [0.717, 1.165) is 31.4 Å². The van der Waals surface area contributed by atoms with Gasteiger partial charge in [0.1, 0.15) is 5.75 Å². The summed E-state index contributed by atoms with van der Waals surface area (Å²) < 4.78 is 5.75. The Hall–Kier alpha value is -0.480. The van der Waals surface area contributed by atoms with Crippen LogP contribution in [0.4, 0.5) is 0 Å². The van der Waals surface area contributed by atoms with Crippen LogP contribution in [-0.4, -0.2) is 24.9 Å². The summed E-state index contributed by atoms with van der Waals surface area (Å²) >= 11 is 12.2. The van der Waals surface area contributed by atoms with Crippen LogP contribution in [0.25, 0.3) is 0 Å². The van der Waals surface area contributed by atoms with Crippen molar-refractivity contribution in [3.8, 4) is 5.75 Å². The molecule has 1 rings (SSSR count). The third-order valence-electron chi connectivity index (χ3n) is 2.70. The second-order valence-electron chi connectivity index (χ2n) is 4.29. The molecule has 108 valence electrons. The molecule has 0 aliphatic carbocycles. The Morgan fingerprint density at radius 2 is 2.00 bits per heavy atom. The lowest BCUT2D eigenvalue weighted by molar-refractivity contribution is 0.265. The summed E-state index contributed by atoms with van der Waals surface area (Å²) in [6.45, 7) is 4.43. The zero-order chi connectivity index (χ0) is 14.1. The van der Waals surface area contributed by atoms with Crippen LogP contribution in [-0.2, 0) is 6.54 Å². The lowest BCUT2D eigenvalue weighted by Gasteiger charge is -2.14. The molecule has 0 aromatic heterocycles. The molecule has 0 bridgehead atoms. The van der Waals surface area contributed by atoms with Gasteiger partial charge >= 0.3 is 0 Å². The molecular formula is C14H21Cl2NO2. The van der Waals surface area contributed by atoms with Gasteiger partial charge in [0, 0.05) is 23.7 Å². The third kappa shape index (κ3) is 6.00. The van der Waals surface area contributed by atoms with Crippen LogP contribution >= 0.6 is 23.2 Å². The molecule has 1 aromatic carbocycles. The molecule has 0 amide bonds. The summed E-state index contributed by atoms with van der Waals surface area (Å²) in [5.74, 6) is 0.705. The molecule has 1 aromatic rings. The summed E-state index contributed by atoms with van der Waals surface area (Å²) in [6.07, 6.45) is 2.66. The molecule has 0 spiro atoms. The van der Waals surface area contributed by atoms with Gasteiger partial charge in [-0.15, -0.1) is 0 Å². The SMILES string of the molecule is CCNCc1cc(Cl)cc(Cl)c1OCCCCCO. The fourth-order valence-electron chi connectivity index (χ4n) is 1.73. The first-order valence-electron chi connectivity index (χ1n) is 6.61. The minimum Gasteiger partial charge on any atom is -0.492 e. The molecule has 0 aliphatic heterocycles. The Morgan fingerprint density at radius 1 is 1.21 bits per heavy atom. The molecule has 0 unspecified atom stereocenters. The van der Waals surface area contributed by atoms with Gasteiger partial charge in [-0.2, -0.15) is 0 Å². The first-order chi connectivity index (χ1) is 9.19. The lowest BCUT2D eigenvalue weighted by atomic mass is 10.2. The van der Waals surface area contributed by atoms with Crippen molar-refractivity contribution < 1.29 is 9.84 Å². The Balaban J connectivity index is 2.63. The van der Waals surface area contributed by atoms with Crippen molar-refractivity contribution >= 4 is 23.2 Å². The molecule has 0 heterocycles. The summed E-state index contributed by atoms with van der Waals surface area (Å²) in [6, 6.07) is 3.57. The smallest absolute Gasteiger partial charge is 0.142 e. The highest BCUT2D eigenvalue weighted by Gasteiger charge is 2.10. The van der Waals surface area contributed by atoms with Gasteiger partial charge in [-0.25, -0.2) is 0 Å². The van der Waals surface area contributed by atoms with Crippen LogP contribution < -0.4 is 10.1 Å². The van der Waals surface area contributed by atoms with Crippen molar-refractivity contribution in [3.05, 3.63) is 27.7 Å². The standard InChI is InChI=1S/C14H21Cl2NO2/c1-2-17-10-11-8-12(15)9-13(16)14(11)19-7-5-3-4-6-18/h8-9,17-18H,2-7,10H2,1H3. The summed E-state index contributed by atoms with van der Waals surface area (Å²) in [4.78, 5) is 0. The Labute approximate surface area is 124 Å². The van der Waals surface area contributed by atoms with Crippen molar-refractivity contribution in [2.24, 2.45) is 0 Å². The third-order valence-corrected chi connectivity index (χ3v) is 3.20. The molecule has 0 saturated carbocycles. The van der Waals surface area contributed by atoms with E-state index in [1.54, 1.807) is 6.07 Å². The number of hydrogen-bond donors (Lipinski definition) is 2. The number of ether oxygens (including phenoxy) is 1. The highest BCUT2D eigenvalue weighted by atomic mass is 35.5. The zero-order valence-corrected chi connectivity index (χ0v) is 12.7. The molecule has 3 nitrogen and oxygen atoms in total. The molecule has 0 atom stereocenters. The summed E-state index contributed by atoms with van der Waals surface area (Å²) in [5, 5.41) is 13.1. The van der Waals surface area contributed by atoms with Gasteiger partial charge in [0.05, 0.1) is 11.6 Å². The van der Waals surface area contributed by atoms with Gasteiger partial charge in [-0.1, -0.05) is 30.1 Å². The van der Waals surface area contributed by atoms with Gasteiger partial charge < -0.3 is 15.2 Å². The van der Waals surface area contributed by atoms with Gasteiger partial charge in [0.2, 0.25) is 0 Å². The molecular weight excluding hydrogens is 285 g/mol. The molecule has 0 saturated heterocycles. The molecule has 5 heteroatoms. The normalized spacial score (nSPS) is 10.7. The Kier molecular flexibility index (Phi) is 8.22. The predicted molar refractivity (Wildman–Crippen MR) is 80.3 cm³/mol. The van der Waals surface area contributed by atoms with E-state index in [1.807, 2.05) is 13.0 Å². The van der Waals surface area contributed by atoms with Gasteiger partial charge in [-0.3, -0.25) is 0 Å². The van der Waals surface area contributed by atoms with E-state index in [2.05, 4.69) is 5.32 Å². The van der Waals surface area contributed by atoms with Crippen molar-refractivity contribution in [2.45, 2.75) is 32.7 Å². The number of halogens is 2. The van der Waals surface area contributed by atoms with Crippen LogP contribution in [0.5, 0.6) is 5.75 Å². The average molecular weight is 306 g/mol. The maximum atomic E-state index is 8.71. The first-order valence-corrected chi connectivity index (χ1v) is 7.37. The highest BCUT2D eigenvalue weighted by molar-refractivity contribution is 6.35. The molecule has 19 heavy (non-hydrogen) atoms. The second kappa shape index (κ2) is 9.43. The minimum absolute atomic E-state index is 0.230. The monoisotopic (exact) mass is 305 g/mol. The van der Waals surface area contributed by atoms with E-state index in [4.69, 9.17) is 33.0 Å². The van der Waals surface area contributed by atoms with E-state index >= 15 is 0 Å². The maximum absolute atomic E-state index is 8.71. The van der Waals surface area contributed by atoms with E-state index in [9.17, 15) is 0 Å². The van der Waals surface area contributed by atoms with Crippen molar-refractivity contribution in [1.29, 1.82) is 0 Å². The second-order valence-corrected chi connectivity index (χ2v) is 5.13. The number of rotatable bonds is 9. The van der Waals surface area contributed by atoms with Crippen molar-refractivity contribution in [1.82, 2.24) is 5.32 Å². The fraction of sp³-hybridized carbons (Fsp3) is 0.571. The predicted octanol–water partition coefficient (Wildman–Crippen LogP) is 3.64. The van der Waals surface area contributed by atoms with Crippen LogP contribution in [0.15, 0.2) is 12.1 Å². The zero-order valence-electron chi connectivity index (χ0n) is 11.2. The Morgan fingerprint density at radius 3 is 2.68 bits per heavy atom. The van der Waals surface area contributed by atoms with Gasteiger partial charge in [0.25, 0.3) is 0 Å². The number of unbranched alkanes of at least 4 members (excludes halogenated alkanes) is 2. The maximum Gasteiger partial charge on any atom is 0.142 e. The fourth-order valence-corrected chi connectivity index (χ4v) is 2.32. The van der Waals surface area contributed by atoms with Crippen LogP contribution in [0.3, 0.4) is 0 Å². The van der Waals surface area contributed by atoms with E-state index in [0.29, 0.717) is 28.9 Å². The number of aliphatic hydroxyl groups excluding tert-OH is 1.